The molecule has 4 rings (SSSR count). The lowest BCUT2D eigenvalue weighted by Gasteiger charge is -2.27. The molecule has 0 saturated heterocycles. The zero-order valence-electron chi connectivity index (χ0n) is 18.1. The van der Waals surface area contributed by atoms with E-state index in [-0.39, 0.29) is 5.12 Å². The Morgan fingerprint density at radius 2 is 1.91 bits per heavy atom. The van der Waals surface area contributed by atoms with Crippen molar-refractivity contribution in [2.45, 2.75) is 38.1 Å². The van der Waals surface area contributed by atoms with Crippen LogP contribution < -0.4 is 10.6 Å². The quantitative estimate of drug-likeness (QED) is 0.224. The number of nitrogens with one attached hydrogen (secondary N) is 2. The maximum atomic E-state index is 12.2. The second-order valence-corrected chi connectivity index (χ2v) is 9.04. The Labute approximate surface area is 200 Å². The van der Waals surface area contributed by atoms with Gasteiger partial charge in [-0.05, 0) is 83.4 Å². The fourth-order valence-corrected chi connectivity index (χ4v) is 4.82. The molecule has 0 amide bonds. The summed E-state index contributed by atoms with van der Waals surface area (Å²) in [6.07, 6.45) is 7.19. The van der Waals surface area contributed by atoms with Gasteiger partial charge < -0.3 is 10.6 Å². The Morgan fingerprint density at radius 1 is 1.09 bits per heavy atom. The zero-order valence-corrected chi connectivity index (χ0v) is 19.8. The largest absolute Gasteiger partial charge is 0.362 e. The van der Waals surface area contributed by atoms with Crippen molar-refractivity contribution in [2.24, 2.45) is 0 Å². The van der Waals surface area contributed by atoms with E-state index in [1.807, 2.05) is 30.3 Å². The number of carbonyl (C=O) groups excluding carboxylic acids is 1. The van der Waals surface area contributed by atoms with Crippen LogP contribution in [-0.2, 0) is 12.8 Å². The van der Waals surface area contributed by atoms with E-state index in [2.05, 4.69) is 60.2 Å². The van der Waals surface area contributed by atoms with Crippen molar-refractivity contribution in [2.75, 3.05) is 6.54 Å². The number of hydrogen-bond donors (Lipinski definition) is 3. The van der Waals surface area contributed by atoms with Gasteiger partial charge in [0.15, 0.2) is 5.11 Å². The highest BCUT2D eigenvalue weighted by Gasteiger charge is 2.18. The summed E-state index contributed by atoms with van der Waals surface area (Å²) in [7, 11) is 0. The van der Waals surface area contributed by atoms with Crippen molar-refractivity contribution >= 4 is 45.8 Å². The van der Waals surface area contributed by atoms with Gasteiger partial charge in [0.2, 0.25) is 5.12 Å². The molecule has 2 N–H and O–H groups in total. The van der Waals surface area contributed by atoms with E-state index >= 15 is 0 Å². The van der Waals surface area contributed by atoms with Crippen molar-refractivity contribution in [3.8, 4) is 11.1 Å². The summed E-state index contributed by atoms with van der Waals surface area (Å²) in [5.41, 5.74) is 5.02. The average Bonchev–Trinajstić information content (AvgIpc) is 2.76. The Bertz CT molecular complexity index is 1170. The van der Waals surface area contributed by atoms with Gasteiger partial charge in [0.1, 0.15) is 0 Å². The molecule has 0 heterocycles. The number of thiocarbonyl (C=S) groups is 1. The first-order valence-electron chi connectivity index (χ1n) is 11.1. The highest BCUT2D eigenvalue weighted by molar-refractivity contribution is 7.97. The molecule has 0 atom stereocenters. The lowest BCUT2D eigenvalue weighted by Crippen LogP contribution is -2.45. The third-order valence-electron chi connectivity index (χ3n) is 6.16. The number of hydrogen-bond acceptors (Lipinski definition) is 2. The van der Waals surface area contributed by atoms with E-state index < -0.39 is 0 Å². The zero-order chi connectivity index (χ0) is 22.5. The number of allylic oxidation sites excluding steroid dienone is 1. The van der Waals surface area contributed by atoms with Crippen molar-refractivity contribution in [3.63, 3.8) is 0 Å². The first-order chi connectivity index (χ1) is 15.6. The highest BCUT2D eigenvalue weighted by atomic mass is 32.1. The minimum Gasteiger partial charge on any atom is -0.362 e. The minimum atomic E-state index is -0.227. The topological polar surface area (TPSA) is 41.1 Å². The Kier molecular flexibility index (Phi) is 7.28. The van der Waals surface area contributed by atoms with Crippen LogP contribution in [0.5, 0.6) is 0 Å². The number of benzene rings is 3. The smallest absolute Gasteiger partial charge is 0.216 e. The monoisotopic (exact) mass is 460 g/mol. The Balaban J connectivity index is 1.68. The van der Waals surface area contributed by atoms with Crippen LogP contribution in [0.2, 0.25) is 0 Å². The molecule has 0 unspecified atom stereocenters. The summed E-state index contributed by atoms with van der Waals surface area (Å²) >= 11 is 9.56. The molecule has 1 aliphatic carbocycles. The molecule has 0 aliphatic heterocycles. The van der Waals surface area contributed by atoms with Gasteiger partial charge >= 0.3 is 0 Å². The first kappa shape index (κ1) is 22.6. The molecule has 3 aromatic rings. The summed E-state index contributed by atoms with van der Waals surface area (Å²) in [5.74, 6) is 0. The number of fused-ring (bicyclic) bond motifs is 1. The van der Waals surface area contributed by atoms with Crippen LogP contribution in [-0.4, -0.2) is 22.8 Å². The van der Waals surface area contributed by atoms with E-state index in [4.69, 9.17) is 12.2 Å². The van der Waals surface area contributed by atoms with Gasteiger partial charge in [0.05, 0.1) is 0 Å². The first-order valence-corrected chi connectivity index (χ1v) is 12.0. The van der Waals surface area contributed by atoms with E-state index in [0.29, 0.717) is 18.0 Å². The molecule has 1 fully saturated rings. The molecule has 1 saturated carbocycles. The van der Waals surface area contributed by atoms with Gasteiger partial charge in [-0.2, -0.15) is 0 Å². The average molecular weight is 461 g/mol. The van der Waals surface area contributed by atoms with Crippen LogP contribution in [0.4, 0.5) is 0 Å². The van der Waals surface area contributed by atoms with Crippen LogP contribution in [0.25, 0.3) is 21.9 Å². The van der Waals surface area contributed by atoms with Gasteiger partial charge in [-0.1, -0.05) is 54.6 Å². The fraction of sp³-hybridized carbons (Fsp3) is 0.259. The standard InChI is InChI=1S/C27H28N2OS2/c1-2-7-23-22(21-12-3-4-13-24(21)26(30)31)15-14-18-8-5-9-19(25(18)23)16-17-28-27(32)29-20-10-6-11-20/h2-5,8-9,12-15,20H,1,6-7,10-11,16-17H2,(H,30,31)(H2,28,29,32). The van der Waals surface area contributed by atoms with Crippen molar-refractivity contribution in [1.29, 1.82) is 0 Å². The lowest BCUT2D eigenvalue weighted by molar-refractivity contribution is 0.109. The van der Waals surface area contributed by atoms with E-state index in [9.17, 15) is 4.79 Å². The maximum absolute atomic E-state index is 12.2. The van der Waals surface area contributed by atoms with Gasteiger partial charge in [-0.15, -0.1) is 19.2 Å². The number of carbonyl (C=O) groups is 1. The Hall–Kier alpha value is -2.63. The van der Waals surface area contributed by atoms with Crippen LogP contribution in [0, 0.1) is 0 Å². The van der Waals surface area contributed by atoms with Crippen molar-refractivity contribution in [3.05, 3.63) is 83.9 Å². The van der Waals surface area contributed by atoms with Crippen LogP contribution in [0.1, 0.15) is 40.7 Å². The van der Waals surface area contributed by atoms with E-state index in [0.717, 1.165) is 29.2 Å². The van der Waals surface area contributed by atoms with E-state index in [1.165, 1.54) is 41.2 Å². The molecular weight excluding hydrogens is 432 g/mol. The molecular formula is C27H28N2OS2. The lowest BCUT2D eigenvalue weighted by atomic mass is 9.87. The molecule has 3 nitrogen and oxygen atoms in total. The molecule has 32 heavy (non-hydrogen) atoms. The van der Waals surface area contributed by atoms with Crippen LogP contribution in [0.15, 0.2) is 67.3 Å². The third kappa shape index (κ3) is 4.89. The highest BCUT2D eigenvalue weighted by Crippen LogP contribution is 2.35. The molecule has 3 aromatic carbocycles. The molecule has 0 radical (unpaired) electrons. The normalized spacial score (nSPS) is 13.4. The van der Waals surface area contributed by atoms with Gasteiger partial charge in [0.25, 0.3) is 0 Å². The van der Waals surface area contributed by atoms with Gasteiger partial charge in [-0.25, -0.2) is 0 Å². The number of thiol groups is 1. The van der Waals surface area contributed by atoms with Crippen molar-refractivity contribution in [1.82, 2.24) is 10.6 Å². The summed E-state index contributed by atoms with van der Waals surface area (Å²) in [6.45, 7) is 4.76. The molecule has 0 bridgehead atoms. The minimum absolute atomic E-state index is 0.227. The predicted molar refractivity (Wildman–Crippen MR) is 142 cm³/mol. The second kappa shape index (κ2) is 10.3. The summed E-state index contributed by atoms with van der Waals surface area (Å²) < 4.78 is 0. The summed E-state index contributed by atoms with van der Waals surface area (Å²) in [4.78, 5) is 12.2. The molecule has 1 aliphatic rings. The second-order valence-electron chi connectivity index (χ2n) is 8.23. The predicted octanol–water partition coefficient (Wildman–Crippen LogP) is 5.86. The molecule has 5 heteroatoms. The van der Waals surface area contributed by atoms with Gasteiger partial charge in [0, 0.05) is 18.2 Å². The Morgan fingerprint density at radius 3 is 2.62 bits per heavy atom. The third-order valence-corrected chi connectivity index (χ3v) is 6.66. The maximum Gasteiger partial charge on any atom is 0.216 e. The molecule has 164 valence electrons. The van der Waals surface area contributed by atoms with Gasteiger partial charge in [-0.3, -0.25) is 4.79 Å². The SMILES string of the molecule is C=CCc1c(-c2ccccc2C(=O)S)ccc2cccc(CCNC(=S)NC3CCC3)c12. The van der Waals surface area contributed by atoms with Crippen molar-refractivity contribution < 1.29 is 4.79 Å². The summed E-state index contributed by atoms with van der Waals surface area (Å²) in [6, 6.07) is 18.9. The van der Waals surface area contributed by atoms with E-state index in [1.54, 1.807) is 0 Å². The molecule has 0 spiro atoms. The van der Waals surface area contributed by atoms with Crippen LogP contribution >= 0.6 is 24.8 Å². The summed E-state index contributed by atoms with van der Waals surface area (Å²) in [5, 5.41) is 9.68. The van der Waals surface area contributed by atoms with Crippen LogP contribution in [0.3, 0.4) is 0 Å². The molecule has 0 aromatic heterocycles. The fourth-order valence-electron chi connectivity index (χ4n) is 4.36. The number of rotatable bonds is 8.